The van der Waals surface area contributed by atoms with E-state index in [1.165, 1.54) is 66.1 Å². The molecule has 0 saturated carbocycles. The van der Waals surface area contributed by atoms with Crippen molar-refractivity contribution in [3.8, 4) is 33.4 Å². The fourth-order valence-corrected chi connectivity index (χ4v) is 8.60. The molecule has 0 N–H and O–H groups in total. The second kappa shape index (κ2) is 8.62. The molecule has 1 spiro atoms. The van der Waals surface area contributed by atoms with E-state index < -0.39 is 0 Å². The molecule has 1 nitrogen and oxygen atoms in total. The first-order valence-electron chi connectivity index (χ1n) is 16.0. The van der Waals surface area contributed by atoms with E-state index in [0.29, 0.717) is 0 Å². The highest BCUT2D eigenvalue weighted by atomic mass is 16.3. The van der Waals surface area contributed by atoms with Crippen LogP contribution in [0.3, 0.4) is 0 Å². The van der Waals surface area contributed by atoms with Gasteiger partial charge in [0.2, 0.25) is 0 Å². The Kier molecular flexibility index (Phi) is 4.57. The van der Waals surface area contributed by atoms with Crippen molar-refractivity contribution in [1.29, 1.82) is 0 Å². The molecule has 0 aliphatic heterocycles. The SMILES string of the molecule is c1ccc(-c2cc3c4c(cccc4c2)C32c3cccc4cc(-c5ccc(-c6cccc7c6oc6ccccc67)cc5)cc2c34)cc1. The molecule has 1 heterocycles. The maximum atomic E-state index is 6.35. The Hall–Kier alpha value is -5.92. The molecule has 0 saturated heterocycles. The Morgan fingerprint density at radius 1 is 0.370 bits per heavy atom. The molecule has 2 aliphatic rings. The molecule has 212 valence electrons. The first kappa shape index (κ1) is 24.4. The van der Waals surface area contributed by atoms with Crippen molar-refractivity contribution in [2.24, 2.45) is 0 Å². The molecule has 46 heavy (non-hydrogen) atoms. The van der Waals surface area contributed by atoms with E-state index >= 15 is 0 Å². The Labute approximate surface area is 266 Å². The van der Waals surface area contributed by atoms with E-state index in [9.17, 15) is 0 Å². The van der Waals surface area contributed by atoms with Gasteiger partial charge >= 0.3 is 0 Å². The standard InChI is InChI=1S/C45H26O/c1-2-9-27(10-3-1)32-23-30-11-6-16-37-42(30)39(25-32)45(37)38-17-7-12-31-24-33(26-40(45)43(31)38)28-19-21-29(22-20-28)34-14-8-15-36-35-13-4-5-18-41(35)46-44(34)36/h1-26H. The molecule has 1 atom stereocenters. The smallest absolute Gasteiger partial charge is 0.143 e. The topological polar surface area (TPSA) is 13.1 Å². The van der Waals surface area contributed by atoms with Crippen LogP contribution in [0.5, 0.6) is 0 Å². The van der Waals surface area contributed by atoms with Crippen LogP contribution in [0.4, 0.5) is 0 Å². The van der Waals surface area contributed by atoms with Crippen molar-refractivity contribution in [3.63, 3.8) is 0 Å². The van der Waals surface area contributed by atoms with Crippen LogP contribution < -0.4 is 0 Å². The van der Waals surface area contributed by atoms with Gasteiger partial charge in [0.1, 0.15) is 11.2 Å². The van der Waals surface area contributed by atoms with E-state index in [4.69, 9.17) is 4.42 Å². The van der Waals surface area contributed by atoms with Gasteiger partial charge in [0.05, 0.1) is 5.41 Å². The van der Waals surface area contributed by atoms with Crippen molar-refractivity contribution in [1.82, 2.24) is 0 Å². The average Bonchev–Trinajstić information content (AvgIpc) is 3.50. The zero-order valence-corrected chi connectivity index (χ0v) is 24.9. The van der Waals surface area contributed by atoms with E-state index in [0.717, 1.165) is 33.1 Å². The normalized spacial score (nSPS) is 15.9. The highest BCUT2D eigenvalue weighted by molar-refractivity contribution is 6.13. The predicted molar refractivity (Wildman–Crippen MR) is 190 cm³/mol. The van der Waals surface area contributed by atoms with E-state index in [1.807, 2.05) is 12.1 Å². The minimum atomic E-state index is -0.179. The van der Waals surface area contributed by atoms with Crippen LogP contribution in [-0.4, -0.2) is 0 Å². The van der Waals surface area contributed by atoms with Crippen molar-refractivity contribution in [2.45, 2.75) is 5.41 Å². The molecule has 0 amide bonds. The van der Waals surface area contributed by atoms with Gasteiger partial charge in [-0.05, 0) is 102 Å². The monoisotopic (exact) mass is 582 g/mol. The lowest BCUT2D eigenvalue weighted by Gasteiger charge is -2.52. The molecule has 0 fully saturated rings. The van der Waals surface area contributed by atoms with Gasteiger partial charge in [-0.15, -0.1) is 0 Å². The van der Waals surface area contributed by atoms with Crippen LogP contribution in [0, 0.1) is 0 Å². The number of fused-ring (bicyclic) bond motifs is 7. The first-order chi connectivity index (χ1) is 22.8. The lowest BCUT2D eigenvalue weighted by Crippen LogP contribution is -2.43. The highest BCUT2D eigenvalue weighted by Gasteiger charge is 2.54. The second-order valence-corrected chi connectivity index (χ2v) is 12.8. The summed E-state index contributed by atoms with van der Waals surface area (Å²) in [5.41, 5.74) is 14.7. The molecule has 1 heteroatoms. The molecule has 0 radical (unpaired) electrons. The molecule has 1 aromatic heterocycles. The third-order valence-electron chi connectivity index (χ3n) is 10.6. The van der Waals surface area contributed by atoms with Crippen LogP contribution in [0.15, 0.2) is 162 Å². The number of rotatable bonds is 3. The van der Waals surface area contributed by atoms with Gasteiger partial charge in [-0.2, -0.15) is 0 Å². The summed E-state index contributed by atoms with van der Waals surface area (Å²) in [5, 5.41) is 7.78. The Morgan fingerprint density at radius 2 is 0.935 bits per heavy atom. The van der Waals surface area contributed by atoms with E-state index in [2.05, 4.69) is 146 Å². The zero-order valence-electron chi connectivity index (χ0n) is 24.9. The van der Waals surface area contributed by atoms with Crippen LogP contribution in [-0.2, 0) is 5.41 Å². The molecule has 0 bridgehead atoms. The van der Waals surface area contributed by atoms with Gasteiger partial charge in [-0.1, -0.05) is 127 Å². The maximum Gasteiger partial charge on any atom is 0.143 e. The predicted octanol–water partition coefficient (Wildman–Crippen LogP) is 11.9. The Bertz CT molecular complexity index is 2730. The summed E-state index contributed by atoms with van der Waals surface area (Å²) >= 11 is 0. The number of furan rings is 1. The lowest BCUT2D eigenvalue weighted by molar-refractivity contribution is 0.670. The highest BCUT2D eigenvalue weighted by Crippen LogP contribution is 2.65. The van der Waals surface area contributed by atoms with Crippen LogP contribution >= 0.6 is 0 Å². The summed E-state index contributed by atoms with van der Waals surface area (Å²) in [6.07, 6.45) is 0. The zero-order chi connectivity index (χ0) is 30.0. The third-order valence-corrected chi connectivity index (χ3v) is 10.6. The summed E-state index contributed by atoms with van der Waals surface area (Å²) in [6, 6.07) is 57.9. The van der Waals surface area contributed by atoms with Gasteiger partial charge < -0.3 is 4.42 Å². The fourth-order valence-electron chi connectivity index (χ4n) is 8.60. The number of hydrogen-bond acceptors (Lipinski definition) is 1. The third kappa shape index (κ3) is 2.96. The maximum absolute atomic E-state index is 6.35. The Morgan fingerprint density at radius 3 is 1.63 bits per heavy atom. The summed E-state index contributed by atoms with van der Waals surface area (Å²) < 4.78 is 6.35. The first-order valence-corrected chi connectivity index (χ1v) is 16.0. The summed E-state index contributed by atoms with van der Waals surface area (Å²) in [7, 11) is 0. The van der Waals surface area contributed by atoms with Gasteiger partial charge in [0.25, 0.3) is 0 Å². The summed E-state index contributed by atoms with van der Waals surface area (Å²) in [5.74, 6) is 0. The average molecular weight is 583 g/mol. The van der Waals surface area contributed by atoms with Crippen molar-refractivity contribution < 1.29 is 4.42 Å². The van der Waals surface area contributed by atoms with Crippen molar-refractivity contribution in [3.05, 3.63) is 180 Å². The van der Waals surface area contributed by atoms with Gasteiger partial charge in [-0.3, -0.25) is 0 Å². The van der Waals surface area contributed by atoms with Gasteiger partial charge in [0.15, 0.2) is 0 Å². The van der Waals surface area contributed by atoms with Crippen LogP contribution in [0.25, 0.3) is 76.9 Å². The molecule has 9 aromatic rings. The van der Waals surface area contributed by atoms with Crippen molar-refractivity contribution in [2.75, 3.05) is 0 Å². The molecule has 2 aliphatic carbocycles. The van der Waals surface area contributed by atoms with E-state index in [1.54, 1.807) is 0 Å². The van der Waals surface area contributed by atoms with Gasteiger partial charge in [0, 0.05) is 16.3 Å². The number of para-hydroxylation sites is 2. The molecule has 11 rings (SSSR count). The second-order valence-electron chi connectivity index (χ2n) is 12.8. The molecule has 1 unspecified atom stereocenters. The summed E-state index contributed by atoms with van der Waals surface area (Å²) in [4.78, 5) is 0. The fraction of sp³-hybridized carbons (Fsp3) is 0.0222. The largest absolute Gasteiger partial charge is 0.455 e. The minimum Gasteiger partial charge on any atom is -0.455 e. The molecule has 8 aromatic carbocycles. The number of hydrogen-bond donors (Lipinski definition) is 0. The van der Waals surface area contributed by atoms with E-state index in [-0.39, 0.29) is 5.41 Å². The van der Waals surface area contributed by atoms with Gasteiger partial charge in [-0.25, -0.2) is 0 Å². The lowest BCUT2D eigenvalue weighted by atomic mass is 9.49. The summed E-state index contributed by atoms with van der Waals surface area (Å²) in [6.45, 7) is 0. The minimum absolute atomic E-state index is 0.179. The molecular formula is C45H26O. The van der Waals surface area contributed by atoms with Crippen LogP contribution in [0.2, 0.25) is 0 Å². The number of benzene rings is 8. The van der Waals surface area contributed by atoms with Crippen molar-refractivity contribution >= 4 is 43.5 Å². The molecular weight excluding hydrogens is 556 g/mol. The Balaban J connectivity index is 1.06. The quantitative estimate of drug-likeness (QED) is 0.202. The van der Waals surface area contributed by atoms with Crippen LogP contribution in [0.1, 0.15) is 22.3 Å².